The zero-order chi connectivity index (χ0) is 17.5. The van der Waals surface area contributed by atoms with Crippen LogP contribution >= 0.6 is 0 Å². The Morgan fingerprint density at radius 2 is 1.17 bits per heavy atom. The second kappa shape index (κ2) is 13.4. The molecule has 0 aromatic heterocycles. The molecule has 0 spiro atoms. The Balaban J connectivity index is 1.92. The predicted octanol–water partition coefficient (Wildman–Crippen LogP) is 6.83. The third-order valence-electron chi connectivity index (χ3n) is 4.84. The first-order valence-electron chi connectivity index (χ1n) is 10.2. The van der Waals surface area contributed by atoms with Crippen molar-refractivity contribution in [3.05, 3.63) is 41.1 Å². The molecule has 1 aromatic carbocycles. The van der Waals surface area contributed by atoms with E-state index in [0.717, 1.165) is 18.5 Å². The molecule has 0 fully saturated rings. The Morgan fingerprint density at radius 1 is 0.708 bits per heavy atom. The third kappa shape index (κ3) is 11.6. The molecule has 1 rings (SSSR count). The summed E-state index contributed by atoms with van der Waals surface area (Å²) < 4.78 is -0.137. The number of quaternary nitrogens is 1. The van der Waals surface area contributed by atoms with Gasteiger partial charge in [-0.2, -0.15) is 0 Å². The number of hydrogen-bond donors (Lipinski definition) is 0. The minimum atomic E-state index is -0.137. The van der Waals surface area contributed by atoms with Crippen molar-refractivity contribution in [1.29, 1.82) is 0 Å². The minimum absolute atomic E-state index is 0.137. The first kappa shape index (κ1) is 21.2. The summed E-state index contributed by atoms with van der Waals surface area (Å²) in [6.07, 6.45) is 16.1. The lowest BCUT2D eigenvalue weighted by Crippen LogP contribution is -2.37. The molecule has 0 saturated carbocycles. The van der Waals surface area contributed by atoms with E-state index in [1.807, 2.05) is 25.2 Å². The lowest BCUT2D eigenvalue weighted by Gasteiger charge is -2.38. The van der Waals surface area contributed by atoms with E-state index in [9.17, 15) is 5.21 Å². The topological polar surface area (TPSA) is 23.1 Å². The van der Waals surface area contributed by atoms with Crippen molar-refractivity contribution in [2.75, 3.05) is 13.6 Å². The average molecular weight is 334 g/mol. The molecule has 0 aliphatic rings. The molecular formula is C22H39NO. The quantitative estimate of drug-likeness (QED) is 0.196. The molecule has 2 heteroatoms. The first-order valence-corrected chi connectivity index (χ1v) is 10.2. The lowest BCUT2D eigenvalue weighted by molar-refractivity contribution is -0.874. The van der Waals surface area contributed by atoms with E-state index >= 15 is 0 Å². The van der Waals surface area contributed by atoms with Gasteiger partial charge in [-0.1, -0.05) is 101 Å². The van der Waals surface area contributed by atoms with Gasteiger partial charge in [0, 0.05) is 5.56 Å². The molecule has 138 valence electrons. The number of benzene rings is 1. The van der Waals surface area contributed by atoms with E-state index < -0.39 is 0 Å². The highest BCUT2D eigenvalue weighted by Crippen LogP contribution is 2.15. The zero-order valence-electron chi connectivity index (χ0n) is 16.1. The SMILES string of the molecule is CCCCCCCCCCCCCC[N+](C)([O-])Cc1ccccc1. The van der Waals surface area contributed by atoms with E-state index in [4.69, 9.17) is 0 Å². The largest absolute Gasteiger partial charge is 0.633 e. The Labute approximate surface area is 150 Å². The van der Waals surface area contributed by atoms with Crippen LogP contribution in [0.1, 0.15) is 89.5 Å². The summed E-state index contributed by atoms with van der Waals surface area (Å²) in [5.41, 5.74) is 1.15. The fraction of sp³-hybridized carbons (Fsp3) is 0.727. The van der Waals surface area contributed by atoms with Crippen molar-refractivity contribution in [2.45, 2.75) is 90.5 Å². The van der Waals surface area contributed by atoms with Gasteiger partial charge in [0.05, 0.1) is 13.6 Å². The monoisotopic (exact) mass is 333 g/mol. The smallest absolute Gasteiger partial charge is 0.104 e. The van der Waals surface area contributed by atoms with Gasteiger partial charge in [-0.3, -0.25) is 0 Å². The van der Waals surface area contributed by atoms with E-state index in [1.54, 1.807) is 0 Å². The molecule has 0 bridgehead atoms. The number of hydroxylamine groups is 3. The lowest BCUT2D eigenvalue weighted by atomic mass is 10.1. The van der Waals surface area contributed by atoms with Crippen molar-refractivity contribution in [2.24, 2.45) is 0 Å². The van der Waals surface area contributed by atoms with Gasteiger partial charge in [-0.05, 0) is 12.8 Å². The number of hydrogen-bond acceptors (Lipinski definition) is 1. The van der Waals surface area contributed by atoms with Gasteiger partial charge in [0.25, 0.3) is 0 Å². The molecule has 1 aromatic rings. The van der Waals surface area contributed by atoms with Crippen molar-refractivity contribution in [3.63, 3.8) is 0 Å². The van der Waals surface area contributed by atoms with Crippen molar-refractivity contribution in [1.82, 2.24) is 0 Å². The number of nitrogens with zero attached hydrogens (tertiary/aromatic N) is 1. The van der Waals surface area contributed by atoms with Crippen LogP contribution < -0.4 is 0 Å². The van der Waals surface area contributed by atoms with E-state index in [1.165, 1.54) is 70.6 Å². The molecule has 1 unspecified atom stereocenters. The van der Waals surface area contributed by atoms with Crippen molar-refractivity contribution in [3.8, 4) is 0 Å². The molecule has 0 aliphatic heterocycles. The van der Waals surface area contributed by atoms with Gasteiger partial charge >= 0.3 is 0 Å². The molecule has 0 saturated heterocycles. The molecule has 0 aliphatic carbocycles. The van der Waals surface area contributed by atoms with Crippen molar-refractivity contribution < 1.29 is 4.65 Å². The maximum Gasteiger partial charge on any atom is 0.104 e. The van der Waals surface area contributed by atoms with Crippen LogP contribution in [0.2, 0.25) is 0 Å². The van der Waals surface area contributed by atoms with Gasteiger partial charge in [-0.15, -0.1) is 0 Å². The fourth-order valence-corrected chi connectivity index (χ4v) is 3.34. The molecule has 0 radical (unpaired) electrons. The molecule has 0 amide bonds. The molecule has 0 heterocycles. The summed E-state index contributed by atoms with van der Waals surface area (Å²) in [5, 5.41) is 12.5. The third-order valence-corrected chi connectivity index (χ3v) is 4.84. The Hall–Kier alpha value is -0.860. The highest BCUT2D eigenvalue weighted by molar-refractivity contribution is 5.13. The summed E-state index contributed by atoms with van der Waals surface area (Å²) in [5.74, 6) is 0. The van der Waals surface area contributed by atoms with Crippen LogP contribution in [0.4, 0.5) is 0 Å². The van der Waals surface area contributed by atoms with Crippen LogP contribution in [0.3, 0.4) is 0 Å². The maximum absolute atomic E-state index is 12.5. The normalized spacial score (nSPS) is 13.8. The molecule has 0 N–H and O–H groups in total. The highest BCUT2D eigenvalue weighted by Gasteiger charge is 2.10. The van der Waals surface area contributed by atoms with Crippen LogP contribution in [-0.2, 0) is 6.54 Å². The second-order valence-electron chi connectivity index (χ2n) is 7.55. The summed E-state index contributed by atoms with van der Waals surface area (Å²) in [4.78, 5) is 0. The van der Waals surface area contributed by atoms with Gasteiger partial charge in [0.1, 0.15) is 6.54 Å². The zero-order valence-corrected chi connectivity index (χ0v) is 16.1. The van der Waals surface area contributed by atoms with Crippen LogP contribution in [0.25, 0.3) is 0 Å². The number of unbranched alkanes of at least 4 members (excludes halogenated alkanes) is 11. The van der Waals surface area contributed by atoms with Crippen molar-refractivity contribution >= 4 is 0 Å². The molecule has 24 heavy (non-hydrogen) atoms. The first-order chi connectivity index (χ1) is 11.6. The predicted molar refractivity (Wildman–Crippen MR) is 106 cm³/mol. The van der Waals surface area contributed by atoms with Crippen LogP contribution in [0.5, 0.6) is 0 Å². The van der Waals surface area contributed by atoms with Crippen LogP contribution in [0, 0.1) is 5.21 Å². The summed E-state index contributed by atoms with van der Waals surface area (Å²) in [6.45, 7) is 3.61. The molecular weight excluding hydrogens is 294 g/mol. The Kier molecular flexibility index (Phi) is 11.9. The van der Waals surface area contributed by atoms with Gasteiger partial charge in [0.15, 0.2) is 0 Å². The standard InChI is InChI=1S/C22H39NO/c1-3-4-5-6-7-8-9-10-11-12-13-17-20-23(2,24)21-22-18-15-14-16-19-22/h14-16,18-19H,3-13,17,20-21H2,1-2H3. The van der Waals surface area contributed by atoms with Gasteiger partial charge in [-0.25, -0.2) is 0 Å². The van der Waals surface area contributed by atoms with E-state index in [0.29, 0.717) is 6.54 Å². The second-order valence-corrected chi connectivity index (χ2v) is 7.55. The van der Waals surface area contributed by atoms with Gasteiger partial charge in [0.2, 0.25) is 0 Å². The highest BCUT2D eigenvalue weighted by atomic mass is 16.5. The molecule has 1 atom stereocenters. The average Bonchev–Trinajstić information content (AvgIpc) is 2.56. The summed E-state index contributed by atoms with van der Waals surface area (Å²) >= 11 is 0. The van der Waals surface area contributed by atoms with Crippen LogP contribution in [-0.4, -0.2) is 18.2 Å². The Morgan fingerprint density at radius 3 is 1.67 bits per heavy atom. The van der Waals surface area contributed by atoms with Crippen LogP contribution in [0.15, 0.2) is 30.3 Å². The van der Waals surface area contributed by atoms with Gasteiger partial charge < -0.3 is 9.85 Å². The summed E-state index contributed by atoms with van der Waals surface area (Å²) in [6, 6.07) is 10.1. The molecule has 2 nitrogen and oxygen atoms in total. The fourth-order valence-electron chi connectivity index (χ4n) is 3.34. The minimum Gasteiger partial charge on any atom is -0.633 e. The number of rotatable bonds is 15. The maximum atomic E-state index is 12.5. The van der Waals surface area contributed by atoms with E-state index in [2.05, 4.69) is 19.1 Å². The Bertz CT molecular complexity index is 388. The van der Waals surface area contributed by atoms with E-state index in [-0.39, 0.29) is 4.65 Å². The summed E-state index contributed by atoms with van der Waals surface area (Å²) in [7, 11) is 1.81.